The van der Waals surface area contributed by atoms with Crippen LogP contribution in [0.5, 0.6) is 0 Å². The summed E-state index contributed by atoms with van der Waals surface area (Å²) in [4.78, 5) is 20.6. The number of nitrogens with one attached hydrogen (secondary N) is 1. The largest absolute Gasteiger partial charge is 0.366 e. The molecule has 1 aliphatic rings. The highest BCUT2D eigenvalue weighted by Gasteiger charge is 2.22. The standard InChI is InChI=1S/C21H24FN5O/c22-17-6-1-3-8-19(17)25-12-14-26(15-13-25)21(28)23-10-5-11-27-16-24-18-7-2-4-9-20(18)27/h1-4,6-9,16H,5,10-15H2,(H,23,28). The summed E-state index contributed by atoms with van der Waals surface area (Å²) in [5, 5.41) is 2.99. The van der Waals surface area contributed by atoms with Crippen LogP contribution in [-0.4, -0.2) is 53.2 Å². The van der Waals surface area contributed by atoms with Crippen LogP contribution in [0.2, 0.25) is 0 Å². The molecule has 1 aliphatic heterocycles. The maximum absolute atomic E-state index is 13.9. The molecule has 1 saturated heterocycles. The molecular formula is C21H24FN5O. The number of aromatic nitrogens is 2. The zero-order valence-corrected chi connectivity index (χ0v) is 15.7. The Bertz CT molecular complexity index is 949. The van der Waals surface area contributed by atoms with Crippen molar-refractivity contribution < 1.29 is 9.18 Å². The first kappa shape index (κ1) is 18.3. The van der Waals surface area contributed by atoms with Crippen molar-refractivity contribution in [1.82, 2.24) is 19.8 Å². The first-order chi connectivity index (χ1) is 13.7. The molecule has 6 nitrogen and oxygen atoms in total. The number of carbonyl (C=O) groups is 1. The lowest BCUT2D eigenvalue weighted by Gasteiger charge is -2.36. The molecule has 1 fully saturated rings. The number of aryl methyl sites for hydroxylation is 1. The molecule has 28 heavy (non-hydrogen) atoms. The van der Waals surface area contributed by atoms with Gasteiger partial charge in [0.2, 0.25) is 0 Å². The van der Waals surface area contributed by atoms with E-state index >= 15 is 0 Å². The summed E-state index contributed by atoms with van der Waals surface area (Å²) in [7, 11) is 0. The van der Waals surface area contributed by atoms with Crippen LogP contribution in [0.4, 0.5) is 14.9 Å². The fraction of sp³-hybridized carbons (Fsp3) is 0.333. The maximum Gasteiger partial charge on any atom is 0.317 e. The van der Waals surface area contributed by atoms with Crippen molar-refractivity contribution in [2.75, 3.05) is 37.6 Å². The van der Waals surface area contributed by atoms with Crippen LogP contribution in [-0.2, 0) is 6.54 Å². The van der Waals surface area contributed by atoms with Crippen molar-refractivity contribution in [2.45, 2.75) is 13.0 Å². The predicted molar refractivity (Wildman–Crippen MR) is 108 cm³/mol. The Kier molecular flexibility index (Phi) is 5.41. The molecule has 2 aromatic carbocycles. The molecule has 0 saturated carbocycles. The Morgan fingerprint density at radius 3 is 2.61 bits per heavy atom. The van der Waals surface area contributed by atoms with Crippen LogP contribution in [0.3, 0.4) is 0 Å². The number of amides is 2. The SMILES string of the molecule is O=C(NCCCn1cnc2ccccc21)N1CCN(c2ccccc2F)CC1. The zero-order valence-electron chi connectivity index (χ0n) is 15.7. The Hall–Kier alpha value is -3.09. The number of para-hydroxylation sites is 3. The maximum atomic E-state index is 13.9. The molecular weight excluding hydrogens is 357 g/mol. The monoisotopic (exact) mass is 381 g/mol. The third-order valence-electron chi connectivity index (χ3n) is 5.14. The molecule has 0 aliphatic carbocycles. The van der Waals surface area contributed by atoms with E-state index in [9.17, 15) is 9.18 Å². The smallest absolute Gasteiger partial charge is 0.317 e. The van der Waals surface area contributed by atoms with Crippen LogP contribution < -0.4 is 10.2 Å². The Labute approximate surface area is 163 Å². The van der Waals surface area contributed by atoms with E-state index in [-0.39, 0.29) is 11.8 Å². The summed E-state index contributed by atoms with van der Waals surface area (Å²) in [5.41, 5.74) is 2.70. The van der Waals surface area contributed by atoms with Gasteiger partial charge in [-0.15, -0.1) is 0 Å². The molecule has 0 atom stereocenters. The number of fused-ring (bicyclic) bond motifs is 1. The summed E-state index contributed by atoms with van der Waals surface area (Å²) in [5.74, 6) is -0.215. The van der Waals surface area contributed by atoms with Crippen LogP contribution in [0.1, 0.15) is 6.42 Å². The third-order valence-corrected chi connectivity index (χ3v) is 5.14. The number of carbonyl (C=O) groups excluding carboxylic acids is 1. The first-order valence-electron chi connectivity index (χ1n) is 9.64. The number of rotatable bonds is 5. The van der Waals surface area contributed by atoms with E-state index in [0.717, 1.165) is 24.0 Å². The number of nitrogens with zero attached hydrogens (tertiary/aromatic N) is 4. The van der Waals surface area contributed by atoms with Gasteiger partial charge in [0.05, 0.1) is 23.0 Å². The van der Waals surface area contributed by atoms with E-state index in [2.05, 4.69) is 20.9 Å². The lowest BCUT2D eigenvalue weighted by atomic mass is 10.2. The molecule has 1 aromatic heterocycles. The van der Waals surface area contributed by atoms with Crippen LogP contribution in [0.25, 0.3) is 11.0 Å². The van der Waals surface area contributed by atoms with Crippen LogP contribution >= 0.6 is 0 Å². The van der Waals surface area contributed by atoms with E-state index in [0.29, 0.717) is 38.4 Å². The Morgan fingerprint density at radius 1 is 1.04 bits per heavy atom. The highest BCUT2D eigenvalue weighted by atomic mass is 19.1. The van der Waals surface area contributed by atoms with Crippen LogP contribution in [0.15, 0.2) is 54.9 Å². The van der Waals surface area contributed by atoms with Crippen molar-refractivity contribution in [3.63, 3.8) is 0 Å². The minimum Gasteiger partial charge on any atom is -0.366 e. The molecule has 0 spiro atoms. The van der Waals surface area contributed by atoms with E-state index in [4.69, 9.17) is 0 Å². The second-order valence-corrected chi connectivity index (χ2v) is 6.94. The minimum absolute atomic E-state index is 0.0522. The number of benzene rings is 2. The van der Waals surface area contributed by atoms with Gasteiger partial charge in [0.1, 0.15) is 5.82 Å². The quantitative estimate of drug-likeness (QED) is 0.691. The van der Waals surface area contributed by atoms with Gasteiger partial charge in [-0.1, -0.05) is 24.3 Å². The second-order valence-electron chi connectivity index (χ2n) is 6.94. The summed E-state index contributed by atoms with van der Waals surface area (Å²) < 4.78 is 16.0. The molecule has 0 bridgehead atoms. The number of urea groups is 1. The molecule has 0 unspecified atom stereocenters. The molecule has 2 heterocycles. The van der Waals surface area contributed by atoms with Crippen molar-refractivity contribution in [2.24, 2.45) is 0 Å². The van der Waals surface area contributed by atoms with E-state index in [1.165, 1.54) is 6.07 Å². The molecule has 4 rings (SSSR count). The summed E-state index contributed by atoms with van der Waals surface area (Å²) in [6.07, 6.45) is 2.68. The van der Waals surface area contributed by atoms with Gasteiger partial charge in [-0.2, -0.15) is 0 Å². The van der Waals surface area contributed by atoms with Crippen molar-refractivity contribution in [3.8, 4) is 0 Å². The predicted octanol–water partition coefficient (Wildman–Crippen LogP) is 3.10. The number of imidazole rings is 1. The number of hydrogen-bond donors (Lipinski definition) is 1. The average molecular weight is 381 g/mol. The van der Waals surface area contributed by atoms with Gasteiger partial charge >= 0.3 is 6.03 Å². The molecule has 2 amide bonds. The summed E-state index contributed by atoms with van der Waals surface area (Å²) in [6, 6.07) is 14.8. The highest BCUT2D eigenvalue weighted by molar-refractivity contribution is 5.75. The lowest BCUT2D eigenvalue weighted by molar-refractivity contribution is 0.194. The molecule has 3 aromatic rings. The third kappa shape index (κ3) is 3.93. The van der Waals surface area contributed by atoms with E-state index in [1.54, 1.807) is 17.0 Å². The Morgan fingerprint density at radius 2 is 1.79 bits per heavy atom. The van der Waals surface area contributed by atoms with E-state index < -0.39 is 0 Å². The van der Waals surface area contributed by atoms with Gasteiger partial charge < -0.3 is 19.7 Å². The number of halogens is 1. The van der Waals surface area contributed by atoms with Gasteiger partial charge in [-0.25, -0.2) is 14.2 Å². The number of hydrogen-bond acceptors (Lipinski definition) is 3. The molecule has 0 radical (unpaired) electrons. The number of piperazine rings is 1. The normalized spacial score (nSPS) is 14.5. The van der Waals surface area contributed by atoms with Gasteiger partial charge in [0, 0.05) is 39.3 Å². The van der Waals surface area contributed by atoms with Gasteiger partial charge in [0.25, 0.3) is 0 Å². The van der Waals surface area contributed by atoms with Crippen molar-refractivity contribution in [3.05, 3.63) is 60.7 Å². The topological polar surface area (TPSA) is 53.4 Å². The summed E-state index contributed by atoms with van der Waals surface area (Å²) >= 11 is 0. The summed E-state index contributed by atoms with van der Waals surface area (Å²) in [6.45, 7) is 3.87. The average Bonchev–Trinajstić information content (AvgIpc) is 3.15. The van der Waals surface area contributed by atoms with Crippen LogP contribution in [0, 0.1) is 5.82 Å². The molecule has 1 N–H and O–H groups in total. The van der Waals surface area contributed by atoms with Gasteiger partial charge in [0.15, 0.2) is 0 Å². The Balaban J connectivity index is 1.21. The van der Waals surface area contributed by atoms with Crippen molar-refractivity contribution in [1.29, 1.82) is 0 Å². The lowest BCUT2D eigenvalue weighted by Crippen LogP contribution is -2.52. The number of anilines is 1. The molecule has 7 heteroatoms. The first-order valence-corrected chi connectivity index (χ1v) is 9.64. The van der Waals surface area contributed by atoms with Crippen molar-refractivity contribution >= 4 is 22.8 Å². The second kappa shape index (κ2) is 8.29. The zero-order chi connectivity index (χ0) is 19.3. The fourth-order valence-corrected chi connectivity index (χ4v) is 3.60. The molecule has 146 valence electrons. The highest BCUT2D eigenvalue weighted by Crippen LogP contribution is 2.20. The fourth-order valence-electron chi connectivity index (χ4n) is 3.60. The van der Waals surface area contributed by atoms with Gasteiger partial charge in [-0.3, -0.25) is 0 Å². The minimum atomic E-state index is -0.215. The van der Waals surface area contributed by atoms with E-state index in [1.807, 2.05) is 35.5 Å². The van der Waals surface area contributed by atoms with Gasteiger partial charge in [-0.05, 0) is 30.7 Å².